The van der Waals surface area contributed by atoms with Gasteiger partial charge in [-0.1, -0.05) is 30.3 Å². The highest BCUT2D eigenvalue weighted by Gasteiger charge is 2.17. The van der Waals surface area contributed by atoms with E-state index < -0.39 is 0 Å². The first-order valence-corrected chi connectivity index (χ1v) is 10.7. The first kappa shape index (κ1) is 19.9. The van der Waals surface area contributed by atoms with E-state index in [-0.39, 0.29) is 0 Å². The highest BCUT2D eigenvalue weighted by atomic mass is 16.5. The predicted molar refractivity (Wildman–Crippen MR) is 119 cm³/mol. The number of likely N-dealkylation sites (tertiary alicyclic amines) is 1. The quantitative estimate of drug-likeness (QED) is 0.649. The van der Waals surface area contributed by atoms with Crippen LogP contribution < -0.4 is 10.1 Å². The van der Waals surface area contributed by atoms with Crippen molar-refractivity contribution in [2.75, 3.05) is 26.7 Å². The maximum atomic E-state index is 5.40. The molecule has 1 saturated heterocycles. The van der Waals surface area contributed by atoms with E-state index >= 15 is 0 Å². The molecule has 0 radical (unpaired) electrons. The molecular formula is C25H31N3O. The van der Waals surface area contributed by atoms with Gasteiger partial charge in [0.05, 0.1) is 12.6 Å². The van der Waals surface area contributed by atoms with E-state index in [4.69, 9.17) is 4.74 Å². The van der Waals surface area contributed by atoms with Crippen molar-refractivity contribution in [3.05, 3.63) is 71.9 Å². The highest BCUT2D eigenvalue weighted by Crippen LogP contribution is 2.23. The molecule has 0 spiro atoms. The van der Waals surface area contributed by atoms with E-state index in [9.17, 15) is 0 Å². The van der Waals surface area contributed by atoms with Crippen molar-refractivity contribution >= 4 is 10.9 Å². The molecular weight excluding hydrogens is 358 g/mol. The number of pyridine rings is 1. The van der Waals surface area contributed by atoms with Gasteiger partial charge >= 0.3 is 0 Å². The fourth-order valence-corrected chi connectivity index (χ4v) is 4.23. The molecule has 3 aromatic rings. The molecule has 1 aromatic heterocycles. The number of nitrogens with one attached hydrogen (secondary N) is 1. The molecule has 2 heterocycles. The Bertz CT molecular complexity index is 912. The van der Waals surface area contributed by atoms with Gasteiger partial charge in [0, 0.05) is 30.7 Å². The molecule has 4 heteroatoms. The van der Waals surface area contributed by atoms with Gasteiger partial charge in [-0.2, -0.15) is 0 Å². The Kier molecular flexibility index (Phi) is 6.75. The van der Waals surface area contributed by atoms with Crippen molar-refractivity contribution in [3.63, 3.8) is 0 Å². The first-order valence-electron chi connectivity index (χ1n) is 10.7. The summed E-state index contributed by atoms with van der Waals surface area (Å²) in [7, 11) is 1.71. The second-order valence-electron chi connectivity index (χ2n) is 7.94. The summed E-state index contributed by atoms with van der Waals surface area (Å²) in [5.74, 6) is 0.885. The van der Waals surface area contributed by atoms with Gasteiger partial charge in [0.15, 0.2) is 0 Å². The number of fused-ring (bicyclic) bond motifs is 1. The molecule has 2 aromatic carbocycles. The molecule has 152 valence electrons. The molecule has 1 unspecified atom stereocenters. The smallest absolute Gasteiger partial charge is 0.119 e. The number of benzene rings is 2. The maximum Gasteiger partial charge on any atom is 0.119 e. The third kappa shape index (κ3) is 5.34. The van der Waals surface area contributed by atoms with Crippen LogP contribution in [0.4, 0.5) is 0 Å². The highest BCUT2D eigenvalue weighted by molar-refractivity contribution is 5.83. The van der Waals surface area contributed by atoms with Gasteiger partial charge in [-0.25, -0.2) is 0 Å². The Morgan fingerprint density at radius 3 is 2.83 bits per heavy atom. The number of rotatable bonds is 7. The molecule has 4 nitrogen and oxygen atoms in total. The number of ether oxygens (including phenoxy) is 1. The van der Waals surface area contributed by atoms with Crippen molar-refractivity contribution < 1.29 is 4.74 Å². The minimum absolute atomic E-state index is 0.575. The molecule has 1 aliphatic heterocycles. The third-order valence-electron chi connectivity index (χ3n) is 6.00. The van der Waals surface area contributed by atoms with Gasteiger partial charge < -0.3 is 15.0 Å². The average molecular weight is 390 g/mol. The van der Waals surface area contributed by atoms with Gasteiger partial charge in [0.25, 0.3) is 0 Å². The zero-order chi connectivity index (χ0) is 19.9. The van der Waals surface area contributed by atoms with Crippen molar-refractivity contribution in [3.8, 4) is 5.75 Å². The second kappa shape index (κ2) is 9.86. The zero-order valence-electron chi connectivity index (χ0n) is 17.3. The van der Waals surface area contributed by atoms with Crippen LogP contribution in [0.3, 0.4) is 0 Å². The van der Waals surface area contributed by atoms with Crippen molar-refractivity contribution in [2.45, 2.75) is 38.3 Å². The lowest BCUT2D eigenvalue weighted by Crippen LogP contribution is -2.31. The zero-order valence-corrected chi connectivity index (χ0v) is 17.3. The molecule has 0 bridgehead atoms. The Balaban J connectivity index is 1.31. The molecule has 1 fully saturated rings. The summed E-state index contributed by atoms with van der Waals surface area (Å²) < 4.78 is 5.40. The topological polar surface area (TPSA) is 37.4 Å². The van der Waals surface area contributed by atoms with E-state index in [0.29, 0.717) is 6.04 Å². The summed E-state index contributed by atoms with van der Waals surface area (Å²) >= 11 is 0. The Morgan fingerprint density at radius 1 is 1.07 bits per heavy atom. The van der Waals surface area contributed by atoms with Gasteiger partial charge in [-0.05, 0) is 74.2 Å². The molecule has 0 saturated carbocycles. The van der Waals surface area contributed by atoms with Crippen LogP contribution in [0, 0.1) is 0 Å². The number of methoxy groups -OCH3 is 1. The monoisotopic (exact) mass is 389 g/mol. The van der Waals surface area contributed by atoms with Gasteiger partial charge in [-0.15, -0.1) is 0 Å². The third-order valence-corrected chi connectivity index (χ3v) is 6.00. The van der Waals surface area contributed by atoms with Crippen LogP contribution in [0.2, 0.25) is 0 Å². The largest absolute Gasteiger partial charge is 0.497 e. The van der Waals surface area contributed by atoms with E-state index in [1.807, 2.05) is 18.3 Å². The number of nitrogens with zero attached hydrogens (tertiary/aromatic N) is 2. The SMILES string of the molecule is COc1ccc2nccc(CNC3CCCN(CCc4ccccc4)CC3)c2c1. The van der Waals surface area contributed by atoms with Crippen LogP contribution in [0.1, 0.15) is 30.4 Å². The number of aromatic nitrogens is 1. The first-order chi connectivity index (χ1) is 14.3. The predicted octanol–water partition coefficient (Wildman–Crippen LogP) is 4.43. The van der Waals surface area contributed by atoms with Crippen molar-refractivity contribution in [2.24, 2.45) is 0 Å². The van der Waals surface area contributed by atoms with Gasteiger partial charge in [-0.3, -0.25) is 4.98 Å². The van der Waals surface area contributed by atoms with Crippen molar-refractivity contribution in [1.29, 1.82) is 0 Å². The number of hydrogen-bond acceptors (Lipinski definition) is 4. The minimum atomic E-state index is 0.575. The molecule has 1 N–H and O–H groups in total. The van der Waals surface area contributed by atoms with Crippen LogP contribution in [0.5, 0.6) is 5.75 Å². The molecule has 4 rings (SSSR count). The van der Waals surface area contributed by atoms with E-state index in [0.717, 1.165) is 30.8 Å². The minimum Gasteiger partial charge on any atom is -0.497 e. The Morgan fingerprint density at radius 2 is 1.97 bits per heavy atom. The van der Waals surface area contributed by atoms with Crippen molar-refractivity contribution in [1.82, 2.24) is 15.2 Å². The summed E-state index contributed by atoms with van der Waals surface area (Å²) in [6, 6.07) is 19.6. The average Bonchev–Trinajstić information content (AvgIpc) is 3.01. The fraction of sp³-hybridized carbons (Fsp3) is 0.400. The summed E-state index contributed by atoms with van der Waals surface area (Å²) in [6.45, 7) is 4.42. The molecule has 1 atom stereocenters. The van der Waals surface area contributed by atoms with Crippen LogP contribution in [0.15, 0.2) is 60.8 Å². The number of hydrogen-bond donors (Lipinski definition) is 1. The lowest BCUT2D eigenvalue weighted by atomic mass is 10.1. The normalized spacial score (nSPS) is 17.9. The Labute approximate surface area is 173 Å². The second-order valence-corrected chi connectivity index (χ2v) is 7.94. The summed E-state index contributed by atoms with van der Waals surface area (Å²) in [5.41, 5.74) is 3.75. The van der Waals surface area contributed by atoms with E-state index in [2.05, 4.69) is 57.7 Å². The van der Waals surface area contributed by atoms with E-state index in [1.54, 1.807) is 7.11 Å². The van der Waals surface area contributed by atoms with Gasteiger partial charge in [0.1, 0.15) is 5.75 Å². The molecule has 29 heavy (non-hydrogen) atoms. The summed E-state index contributed by atoms with van der Waals surface area (Å²) in [5, 5.41) is 4.98. The standard InChI is InChI=1S/C25H31N3O/c1-29-23-9-10-25-24(18-23)21(11-14-26-25)19-27-22-8-5-15-28(17-13-22)16-12-20-6-3-2-4-7-20/h2-4,6-7,9-11,14,18,22,27H,5,8,12-13,15-17,19H2,1H3. The fourth-order valence-electron chi connectivity index (χ4n) is 4.23. The van der Waals surface area contributed by atoms with Crippen LogP contribution in [-0.2, 0) is 13.0 Å². The lowest BCUT2D eigenvalue weighted by molar-refractivity contribution is 0.285. The van der Waals surface area contributed by atoms with Crippen LogP contribution >= 0.6 is 0 Å². The summed E-state index contributed by atoms with van der Waals surface area (Å²) in [4.78, 5) is 7.12. The molecule has 0 amide bonds. The van der Waals surface area contributed by atoms with Crippen LogP contribution in [-0.4, -0.2) is 42.7 Å². The van der Waals surface area contributed by atoms with Gasteiger partial charge in [0.2, 0.25) is 0 Å². The molecule has 1 aliphatic rings. The Hall–Kier alpha value is -2.43. The lowest BCUT2D eigenvalue weighted by Gasteiger charge is -2.20. The maximum absolute atomic E-state index is 5.40. The van der Waals surface area contributed by atoms with E-state index in [1.165, 1.54) is 48.9 Å². The summed E-state index contributed by atoms with van der Waals surface area (Å²) in [6.07, 6.45) is 6.76. The molecule has 0 aliphatic carbocycles. The van der Waals surface area contributed by atoms with Crippen LogP contribution in [0.25, 0.3) is 10.9 Å².